The van der Waals surface area contributed by atoms with Crippen molar-refractivity contribution in [2.24, 2.45) is 7.05 Å². The lowest BCUT2D eigenvalue weighted by atomic mass is 10.1. The summed E-state index contributed by atoms with van der Waals surface area (Å²) in [4.78, 5) is 0.257. The van der Waals surface area contributed by atoms with Gasteiger partial charge in [0.25, 0.3) is 10.7 Å². The number of H-pyrrole nitrogens is 1. The zero-order chi connectivity index (χ0) is 12.5. The topological polar surface area (TPSA) is 59.6 Å². The molecule has 0 aliphatic carbocycles. The molecule has 0 aliphatic heterocycles. The molecule has 18 heavy (non-hydrogen) atoms. The number of hydrogen-bond acceptors (Lipinski definition) is 4. The number of benzene rings is 1. The molecular formula is C12H10N4OS. The van der Waals surface area contributed by atoms with Crippen molar-refractivity contribution < 1.29 is 4.42 Å². The standard InChI is InChI=1S/C12H10N4OS/c1-16-10(11-13-14-12(18)17-11)7-9(15-16)8-5-3-2-4-6-8/h2-7H,1H3,(H,14,18). The Bertz CT molecular complexity index is 726. The fourth-order valence-electron chi connectivity index (χ4n) is 1.76. The zero-order valence-electron chi connectivity index (χ0n) is 9.62. The van der Waals surface area contributed by atoms with E-state index in [0.717, 1.165) is 17.0 Å². The van der Waals surface area contributed by atoms with Crippen LogP contribution in [0.3, 0.4) is 0 Å². The number of nitrogens with one attached hydrogen (secondary N) is 1. The van der Waals surface area contributed by atoms with E-state index in [1.165, 1.54) is 0 Å². The summed E-state index contributed by atoms with van der Waals surface area (Å²) in [7, 11) is 1.84. The molecule has 1 aromatic carbocycles. The van der Waals surface area contributed by atoms with Crippen LogP contribution in [0.4, 0.5) is 0 Å². The third-order valence-electron chi connectivity index (χ3n) is 2.61. The summed E-state index contributed by atoms with van der Waals surface area (Å²) in [6.07, 6.45) is 0. The van der Waals surface area contributed by atoms with Gasteiger partial charge in [0.2, 0.25) is 0 Å². The van der Waals surface area contributed by atoms with Gasteiger partial charge in [-0.25, -0.2) is 5.10 Å². The minimum Gasteiger partial charge on any atom is -0.408 e. The summed E-state index contributed by atoms with van der Waals surface area (Å²) in [6.45, 7) is 0. The van der Waals surface area contributed by atoms with Gasteiger partial charge in [-0.1, -0.05) is 30.3 Å². The van der Waals surface area contributed by atoms with E-state index < -0.39 is 0 Å². The number of hydrogen-bond donors (Lipinski definition) is 1. The lowest BCUT2D eigenvalue weighted by Gasteiger charge is -1.93. The summed E-state index contributed by atoms with van der Waals surface area (Å²) in [5.41, 5.74) is 2.70. The van der Waals surface area contributed by atoms with E-state index in [-0.39, 0.29) is 4.84 Å². The van der Waals surface area contributed by atoms with Crippen molar-refractivity contribution in [1.29, 1.82) is 0 Å². The Labute approximate surface area is 108 Å². The Morgan fingerprint density at radius 1 is 1.28 bits per heavy atom. The van der Waals surface area contributed by atoms with Gasteiger partial charge in [-0.05, 0) is 18.3 Å². The number of aromatic nitrogens is 4. The fraction of sp³-hybridized carbons (Fsp3) is 0.0833. The SMILES string of the molecule is Cn1nc(-c2ccccc2)cc1-c1n[nH]c(=S)o1. The van der Waals surface area contributed by atoms with Crippen molar-refractivity contribution in [2.75, 3.05) is 0 Å². The minimum absolute atomic E-state index is 0.257. The van der Waals surface area contributed by atoms with Crippen LogP contribution in [0.2, 0.25) is 0 Å². The summed E-state index contributed by atoms with van der Waals surface area (Å²) in [5, 5.41) is 11.0. The van der Waals surface area contributed by atoms with Crippen molar-refractivity contribution in [3.8, 4) is 22.8 Å². The predicted molar refractivity (Wildman–Crippen MR) is 69.3 cm³/mol. The van der Waals surface area contributed by atoms with Crippen LogP contribution < -0.4 is 0 Å². The molecule has 0 saturated carbocycles. The van der Waals surface area contributed by atoms with Gasteiger partial charge in [0.15, 0.2) is 0 Å². The van der Waals surface area contributed by atoms with E-state index in [0.29, 0.717) is 5.89 Å². The third-order valence-corrected chi connectivity index (χ3v) is 2.78. The number of nitrogens with zero attached hydrogens (tertiary/aromatic N) is 3. The van der Waals surface area contributed by atoms with E-state index in [1.54, 1.807) is 4.68 Å². The van der Waals surface area contributed by atoms with Crippen molar-refractivity contribution in [3.05, 3.63) is 41.2 Å². The molecule has 0 radical (unpaired) electrons. The highest BCUT2D eigenvalue weighted by molar-refractivity contribution is 7.71. The first-order chi connectivity index (χ1) is 8.74. The van der Waals surface area contributed by atoms with Crippen molar-refractivity contribution in [1.82, 2.24) is 20.0 Å². The van der Waals surface area contributed by atoms with Crippen LogP contribution in [0.5, 0.6) is 0 Å². The van der Waals surface area contributed by atoms with Gasteiger partial charge < -0.3 is 4.42 Å². The molecule has 0 bridgehead atoms. The molecule has 3 rings (SSSR count). The summed E-state index contributed by atoms with van der Waals surface area (Å²) < 4.78 is 7.01. The van der Waals surface area contributed by atoms with Crippen molar-refractivity contribution >= 4 is 12.2 Å². The van der Waals surface area contributed by atoms with E-state index in [4.69, 9.17) is 16.6 Å². The molecule has 2 heterocycles. The highest BCUT2D eigenvalue weighted by Gasteiger charge is 2.12. The maximum atomic E-state index is 5.29. The molecular weight excluding hydrogens is 248 g/mol. The van der Waals surface area contributed by atoms with Crippen molar-refractivity contribution in [3.63, 3.8) is 0 Å². The predicted octanol–water partition coefficient (Wildman–Crippen LogP) is 2.80. The molecule has 0 amide bonds. The molecule has 6 heteroatoms. The quantitative estimate of drug-likeness (QED) is 0.718. The highest BCUT2D eigenvalue weighted by atomic mass is 32.1. The first-order valence-corrected chi connectivity index (χ1v) is 5.80. The molecule has 2 aromatic heterocycles. The Balaban J connectivity index is 2.09. The maximum Gasteiger partial charge on any atom is 0.284 e. The second-order valence-electron chi connectivity index (χ2n) is 3.82. The van der Waals surface area contributed by atoms with Crippen LogP contribution in [0.1, 0.15) is 0 Å². The molecule has 0 aliphatic rings. The largest absolute Gasteiger partial charge is 0.408 e. The van der Waals surface area contributed by atoms with Gasteiger partial charge in [-0.2, -0.15) is 5.10 Å². The summed E-state index contributed by atoms with van der Waals surface area (Å²) in [6, 6.07) is 11.9. The van der Waals surface area contributed by atoms with E-state index in [1.807, 2.05) is 43.4 Å². The molecule has 0 fully saturated rings. The second kappa shape index (κ2) is 4.23. The van der Waals surface area contributed by atoms with Crippen LogP contribution in [0.15, 0.2) is 40.8 Å². The first-order valence-electron chi connectivity index (χ1n) is 5.39. The smallest absolute Gasteiger partial charge is 0.284 e. The van der Waals surface area contributed by atoms with Gasteiger partial charge in [0.05, 0.1) is 5.69 Å². The third kappa shape index (κ3) is 1.86. The van der Waals surface area contributed by atoms with E-state index in [9.17, 15) is 0 Å². The highest BCUT2D eigenvalue weighted by Crippen LogP contribution is 2.23. The lowest BCUT2D eigenvalue weighted by molar-refractivity contribution is 0.544. The van der Waals surface area contributed by atoms with Gasteiger partial charge >= 0.3 is 0 Å². The summed E-state index contributed by atoms with van der Waals surface area (Å²) >= 11 is 4.86. The number of aromatic amines is 1. The van der Waals surface area contributed by atoms with E-state index >= 15 is 0 Å². The molecule has 5 nitrogen and oxygen atoms in total. The normalized spacial score (nSPS) is 10.7. The molecule has 1 N–H and O–H groups in total. The molecule has 0 atom stereocenters. The van der Waals surface area contributed by atoms with Crippen molar-refractivity contribution in [2.45, 2.75) is 0 Å². The van der Waals surface area contributed by atoms with Gasteiger partial charge in [-0.3, -0.25) is 4.68 Å². The summed E-state index contributed by atoms with van der Waals surface area (Å²) in [5.74, 6) is 0.442. The average molecular weight is 258 g/mol. The molecule has 0 unspecified atom stereocenters. The second-order valence-corrected chi connectivity index (χ2v) is 4.19. The number of rotatable bonds is 2. The number of aryl methyl sites for hydroxylation is 1. The van der Waals surface area contributed by atoms with E-state index in [2.05, 4.69) is 15.3 Å². The van der Waals surface area contributed by atoms with Crippen LogP contribution in [-0.4, -0.2) is 20.0 Å². The fourth-order valence-corrected chi connectivity index (χ4v) is 1.88. The van der Waals surface area contributed by atoms with Crippen LogP contribution in [0.25, 0.3) is 22.8 Å². The molecule has 3 aromatic rings. The monoisotopic (exact) mass is 258 g/mol. The van der Waals surface area contributed by atoms with Crippen LogP contribution in [-0.2, 0) is 7.05 Å². The Kier molecular flexibility index (Phi) is 2.56. The maximum absolute atomic E-state index is 5.29. The minimum atomic E-state index is 0.257. The Morgan fingerprint density at radius 3 is 2.72 bits per heavy atom. The van der Waals surface area contributed by atoms with Gasteiger partial charge in [-0.15, -0.1) is 5.10 Å². The Hall–Kier alpha value is -2.21. The Morgan fingerprint density at radius 2 is 2.06 bits per heavy atom. The lowest BCUT2D eigenvalue weighted by Crippen LogP contribution is -1.93. The molecule has 0 spiro atoms. The van der Waals surface area contributed by atoms with Gasteiger partial charge in [0, 0.05) is 12.6 Å². The van der Waals surface area contributed by atoms with Crippen LogP contribution >= 0.6 is 12.2 Å². The first kappa shape index (κ1) is 10.9. The molecule has 90 valence electrons. The van der Waals surface area contributed by atoms with Crippen LogP contribution in [0, 0.1) is 4.84 Å². The molecule has 0 saturated heterocycles. The zero-order valence-corrected chi connectivity index (χ0v) is 10.4. The van der Waals surface area contributed by atoms with Gasteiger partial charge in [0.1, 0.15) is 5.69 Å². The average Bonchev–Trinajstić information content (AvgIpc) is 2.97.